The summed E-state index contributed by atoms with van der Waals surface area (Å²) in [6, 6.07) is 14.6. The van der Waals surface area contributed by atoms with Crippen molar-refractivity contribution in [3.8, 4) is 11.5 Å². The SMILES string of the molecule is ON=Cc1ccccc1OCCCOc1ccccc1C=NO. The van der Waals surface area contributed by atoms with Gasteiger partial charge in [0.15, 0.2) is 0 Å². The highest BCUT2D eigenvalue weighted by Gasteiger charge is 2.02. The Morgan fingerprint density at radius 2 is 1.17 bits per heavy atom. The van der Waals surface area contributed by atoms with Crippen LogP contribution >= 0.6 is 0 Å². The van der Waals surface area contributed by atoms with Gasteiger partial charge in [0.05, 0.1) is 25.6 Å². The molecule has 0 saturated heterocycles. The minimum absolute atomic E-state index is 0.465. The summed E-state index contributed by atoms with van der Waals surface area (Å²) in [5.74, 6) is 1.30. The first-order chi connectivity index (χ1) is 11.3. The third-order valence-electron chi connectivity index (χ3n) is 3.04. The van der Waals surface area contributed by atoms with Crippen LogP contribution in [-0.4, -0.2) is 36.1 Å². The molecule has 0 aliphatic carbocycles. The third kappa shape index (κ3) is 5.03. The Kier molecular flexibility index (Phi) is 6.46. The highest BCUT2D eigenvalue weighted by atomic mass is 16.5. The Balaban J connectivity index is 1.81. The number of benzene rings is 2. The quantitative estimate of drug-likeness (QED) is 0.339. The van der Waals surface area contributed by atoms with Crippen LogP contribution in [0.5, 0.6) is 11.5 Å². The molecule has 0 atom stereocenters. The van der Waals surface area contributed by atoms with Gasteiger partial charge in [0.1, 0.15) is 11.5 Å². The zero-order valence-electron chi connectivity index (χ0n) is 12.5. The van der Waals surface area contributed by atoms with Crippen LogP contribution in [0, 0.1) is 0 Å². The van der Waals surface area contributed by atoms with Gasteiger partial charge in [0.2, 0.25) is 0 Å². The fraction of sp³-hybridized carbons (Fsp3) is 0.176. The van der Waals surface area contributed by atoms with E-state index in [1.54, 1.807) is 12.1 Å². The Morgan fingerprint density at radius 3 is 1.61 bits per heavy atom. The topological polar surface area (TPSA) is 83.6 Å². The maximum absolute atomic E-state index is 8.62. The molecular weight excluding hydrogens is 296 g/mol. The van der Waals surface area contributed by atoms with E-state index in [4.69, 9.17) is 19.9 Å². The van der Waals surface area contributed by atoms with Crippen molar-refractivity contribution in [3.63, 3.8) is 0 Å². The molecule has 0 saturated carbocycles. The number of para-hydroxylation sites is 2. The summed E-state index contributed by atoms with van der Waals surface area (Å²) in [7, 11) is 0. The number of ether oxygens (including phenoxy) is 2. The fourth-order valence-corrected chi connectivity index (χ4v) is 1.98. The Morgan fingerprint density at radius 1 is 0.739 bits per heavy atom. The van der Waals surface area contributed by atoms with Gasteiger partial charge >= 0.3 is 0 Å². The van der Waals surface area contributed by atoms with Crippen molar-refractivity contribution < 1.29 is 19.9 Å². The first-order valence-electron chi connectivity index (χ1n) is 7.13. The van der Waals surface area contributed by atoms with E-state index in [1.165, 1.54) is 12.4 Å². The molecule has 120 valence electrons. The van der Waals surface area contributed by atoms with E-state index >= 15 is 0 Å². The van der Waals surface area contributed by atoms with E-state index < -0.39 is 0 Å². The Hall–Kier alpha value is -3.02. The second-order valence-electron chi connectivity index (χ2n) is 4.62. The van der Waals surface area contributed by atoms with E-state index in [0.29, 0.717) is 42.3 Å². The van der Waals surface area contributed by atoms with Crippen LogP contribution in [0.4, 0.5) is 0 Å². The Bertz CT molecular complexity index is 614. The van der Waals surface area contributed by atoms with Gasteiger partial charge in [-0.2, -0.15) is 0 Å². The van der Waals surface area contributed by atoms with Crippen molar-refractivity contribution in [1.29, 1.82) is 0 Å². The minimum atomic E-state index is 0.465. The molecule has 2 N–H and O–H groups in total. The molecule has 0 aliphatic rings. The molecule has 23 heavy (non-hydrogen) atoms. The van der Waals surface area contributed by atoms with Gasteiger partial charge < -0.3 is 19.9 Å². The second-order valence-corrected chi connectivity index (χ2v) is 4.62. The molecule has 2 aromatic rings. The van der Waals surface area contributed by atoms with Gasteiger partial charge in [-0.1, -0.05) is 34.6 Å². The lowest BCUT2D eigenvalue weighted by Gasteiger charge is -2.10. The monoisotopic (exact) mass is 314 g/mol. The summed E-state index contributed by atoms with van der Waals surface area (Å²) in [6.07, 6.45) is 3.34. The van der Waals surface area contributed by atoms with Gasteiger partial charge in [-0.05, 0) is 24.3 Å². The largest absolute Gasteiger partial charge is 0.493 e. The molecule has 0 aromatic heterocycles. The van der Waals surface area contributed by atoms with Gasteiger partial charge in [-0.25, -0.2) is 0 Å². The first kappa shape index (κ1) is 16.4. The van der Waals surface area contributed by atoms with E-state index in [9.17, 15) is 0 Å². The van der Waals surface area contributed by atoms with Crippen LogP contribution in [0.1, 0.15) is 17.5 Å². The van der Waals surface area contributed by atoms with E-state index in [0.717, 1.165) is 0 Å². The summed E-state index contributed by atoms with van der Waals surface area (Å²) in [5.41, 5.74) is 1.42. The third-order valence-corrected chi connectivity index (χ3v) is 3.04. The number of nitrogens with zero attached hydrogens (tertiary/aromatic N) is 2. The fourth-order valence-electron chi connectivity index (χ4n) is 1.98. The molecule has 0 amide bonds. The highest BCUT2D eigenvalue weighted by molar-refractivity contribution is 5.83. The van der Waals surface area contributed by atoms with Crippen LogP contribution in [0.3, 0.4) is 0 Å². The highest BCUT2D eigenvalue weighted by Crippen LogP contribution is 2.17. The van der Waals surface area contributed by atoms with Crippen molar-refractivity contribution in [2.45, 2.75) is 6.42 Å². The van der Waals surface area contributed by atoms with Crippen molar-refractivity contribution >= 4 is 12.4 Å². The zero-order valence-corrected chi connectivity index (χ0v) is 12.5. The predicted molar refractivity (Wildman–Crippen MR) is 87.3 cm³/mol. The molecule has 2 rings (SSSR count). The van der Waals surface area contributed by atoms with Crippen LogP contribution < -0.4 is 9.47 Å². The average Bonchev–Trinajstić information content (AvgIpc) is 2.58. The van der Waals surface area contributed by atoms with Crippen LogP contribution in [-0.2, 0) is 0 Å². The van der Waals surface area contributed by atoms with E-state index in [1.807, 2.05) is 36.4 Å². The molecule has 0 bridgehead atoms. The predicted octanol–water partition coefficient (Wildman–Crippen LogP) is 3.15. The summed E-state index contributed by atoms with van der Waals surface area (Å²) in [6.45, 7) is 0.930. The minimum Gasteiger partial charge on any atom is -0.493 e. The van der Waals surface area contributed by atoms with Crippen LogP contribution in [0.25, 0.3) is 0 Å². The van der Waals surface area contributed by atoms with Crippen molar-refractivity contribution in [3.05, 3.63) is 59.7 Å². The van der Waals surface area contributed by atoms with E-state index in [2.05, 4.69) is 10.3 Å². The maximum atomic E-state index is 8.62. The molecule has 2 aromatic carbocycles. The van der Waals surface area contributed by atoms with Crippen LogP contribution in [0.2, 0.25) is 0 Å². The molecule has 6 nitrogen and oxygen atoms in total. The lowest BCUT2D eigenvalue weighted by Crippen LogP contribution is -2.07. The molecule has 0 spiro atoms. The normalized spacial score (nSPS) is 11.1. The van der Waals surface area contributed by atoms with Crippen molar-refractivity contribution in [2.75, 3.05) is 13.2 Å². The van der Waals surface area contributed by atoms with Crippen molar-refractivity contribution in [2.24, 2.45) is 10.3 Å². The van der Waals surface area contributed by atoms with Gasteiger partial charge in [-0.3, -0.25) is 0 Å². The molecule has 0 heterocycles. The maximum Gasteiger partial charge on any atom is 0.128 e. The van der Waals surface area contributed by atoms with Gasteiger partial charge in [0, 0.05) is 17.5 Å². The van der Waals surface area contributed by atoms with Gasteiger partial charge in [0.25, 0.3) is 0 Å². The zero-order chi connectivity index (χ0) is 16.3. The standard InChI is InChI=1S/C17H18N2O4/c20-18-12-14-6-1-3-8-16(14)22-10-5-11-23-17-9-4-2-7-15(17)13-19-21/h1-4,6-9,12-13,20-21H,5,10-11H2. The molecule has 6 heteroatoms. The number of hydrogen-bond acceptors (Lipinski definition) is 6. The number of rotatable bonds is 8. The first-order valence-corrected chi connectivity index (χ1v) is 7.13. The number of hydrogen-bond donors (Lipinski definition) is 2. The summed E-state index contributed by atoms with van der Waals surface area (Å²) < 4.78 is 11.3. The number of oxime groups is 2. The molecular formula is C17H18N2O4. The van der Waals surface area contributed by atoms with Gasteiger partial charge in [-0.15, -0.1) is 0 Å². The molecule has 0 radical (unpaired) electrons. The Labute approximate surface area is 134 Å². The van der Waals surface area contributed by atoms with E-state index in [-0.39, 0.29) is 0 Å². The molecule has 0 fully saturated rings. The van der Waals surface area contributed by atoms with Crippen LogP contribution in [0.15, 0.2) is 58.8 Å². The summed E-state index contributed by atoms with van der Waals surface area (Å²) in [5, 5.41) is 23.3. The molecule has 0 unspecified atom stereocenters. The lowest BCUT2D eigenvalue weighted by molar-refractivity contribution is 0.247. The summed E-state index contributed by atoms with van der Waals surface area (Å²) >= 11 is 0. The summed E-state index contributed by atoms with van der Waals surface area (Å²) in [4.78, 5) is 0. The second kappa shape index (κ2) is 9.09. The average molecular weight is 314 g/mol. The lowest BCUT2D eigenvalue weighted by atomic mass is 10.2. The van der Waals surface area contributed by atoms with Crippen molar-refractivity contribution in [1.82, 2.24) is 0 Å². The molecule has 0 aliphatic heterocycles. The smallest absolute Gasteiger partial charge is 0.128 e.